The number of primary sulfonamides is 1. The molecule has 0 aromatic carbocycles. The van der Waals surface area contributed by atoms with E-state index in [2.05, 4.69) is 9.97 Å². The monoisotopic (exact) mass is 324 g/mol. The number of halogens is 2. The molecule has 1 aromatic rings. The van der Waals surface area contributed by atoms with E-state index in [0.717, 1.165) is 0 Å². The number of hydrogen-bond donors (Lipinski definition) is 1. The Morgan fingerprint density at radius 2 is 2.16 bits per heavy atom. The van der Waals surface area contributed by atoms with E-state index < -0.39 is 10.0 Å². The predicted molar refractivity (Wildman–Crippen MR) is 70.5 cm³/mol. The maximum Gasteiger partial charge on any atom is 0.227 e. The van der Waals surface area contributed by atoms with Crippen LogP contribution in [0.4, 0.5) is 5.69 Å². The van der Waals surface area contributed by atoms with Crippen LogP contribution in [0.3, 0.4) is 0 Å². The first-order chi connectivity index (χ1) is 8.76. The number of carbonyl (C=O) groups excluding carboxylic acids is 1. The average Bonchev–Trinajstić information content (AvgIpc) is 2.56. The standard InChI is InChI=1S/C9H10Cl2N4O3S/c10-8-6(2-13-9(11)14-8)15-3-5(1-7(15)16)4-19(12,17)18/h2,5H,1,3-4H2,(H2,12,17,18). The van der Waals surface area contributed by atoms with Gasteiger partial charge in [0.25, 0.3) is 0 Å². The Balaban J connectivity index is 2.20. The van der Waals surface area contributed by atoms with Gasteiger partial charge in [-0.05, 0) is 11.6 Å². The molecule has 1 atom stereocenters. The first-order valence-electron chi connectivity index (χ1n) is 5.25. The topological polar surface area (TPSA) is 106 Å². The molecule has 10 heteroatoms. The van der Waals surface area contributed by atoms with Crippen LogP contribution in [0.15, 0.2) is 6.20 Å². The Morgan fingerprint density at radius 1 is 1.47 bits per heavy atom. The third-order valence-electron chi connectivity index (χ3n) is 2.66. The lowest BCUT2D eigenvalue weighted by molar-refractivity contribution is -0.117. The van der Waals surface area contributed by atoms with Gasteiger partial charge in [0.15, 0.2) is 5.15 Å². The lowest BCUT2D eigenvalue weighted by Crippen LogP contribution is -2.28. The van der Waals surface area contributed by atoms with Crippen molar-refractivity contribution >= 4 is 44.8 Å². The molecule has 1 aliphatic heterocycles. The van der Waals surface area contributed by atoms with Crippen LogP contribution in [0.1, 0.15) is 6.42 Å². The first-order valence-corrected chi connectivity index (χ1v) is 7.72. The fourth-order valence-corrected chi connectivity index (χ4v) is 3.26. The van der Waals surface area contributed by atoms with E-state index in [4.69, 9.17) is 28.3 Å². The van der Waals surface area contributed by atoms with E-state index in [0.29, 0.717) is 5.69 Å². The van der Waals surface area contributed by atoms with Crippen molar-refractivity contribution in [3.8, 4) is 0 Å². The van der Waals surface area contributed by atoms with Crippen LogP contribution >= 0.6 is 23.2 Å². The van der Waals surface area contributed by atoms with Gasteiger partial charge in [-0.1, -0.05) is 11.6 Å². The summed E-state index contributed by atoms with van der Waals surface area (Å²) < 4.78 is 22.1. The van der Waals surface area contributed by atoms with Crippen LogP contribution in [0, 0.1) is 5.92 Å². The molecule has 7 nitrogen and oxygen atoms in total. The highest BCUT2D eigenvalue weighted by Gasteiger charge is 2.34. The summed E-state index contributed by atoms with van der Waals surface area (Å²) in [6, 6.07) is 0. The second-order valence-corrected chi connectivity index (χ2v) is 6.57. The van der Waals surface area contributed by atoms with Crippen LogP contribution in [-0.2, 0) is 14.8 Å². The van der Waals surface area contributed by atoms with Crippen molar-refractivity contribution in [3.63, 3.8) is 0 Å². The molecule has 0 saturated carbocycles. The molecule has 1 fully saturated rings. The Labute approximate surface area is 119 Å². The minimum absolute atomic E-state index is 0.0264. The summed E-state index contributed by atoms with van der Waals surface area (Å²) in [7, 11) is -3.62. The van der Waals surface area contributed by atoms with Crippen LogP contribution in [0.25, 0.3) is 0 Å². The normalized spacial score (nSPS) is 20.1. The molecule has 1 aromatic heterocycles. The lowest BCUT2D eigenvalue weighted by atomic mass is 10.1. The lowest BCUT2D eigenvalue weighted by Gasteiger charge is -2.16. The molecule has 0 aliphatic carbocycles. The third-order valence-corrected chi connectivity index (χ3v) is 4.06. The van der Waals surface area contributed by atoms with Gasteiger partial charge in [0.2, 0.25) is 21.2 Å². The zero-order chi connectivity index (χ0) is 14.2. The number of nitrogens with zero attached hydrogens (tertiary/aromatic N) is 3. The molecule has 19 heavy (non-hydrogen) atoms. The smallest absolute Gasteiger partial charge is 0.227 e. The summed E-state index contributed by atoms with van der Waals surface area (Å²) >= 11 is 11.5. The highest BCUT2D eigenvalue weighted by atomic mass is 35.5. The van der Waals surface area contributed by atoms with E-state index in [1.807, 2.05) is 0 Å². The highest BCUT2D eigenvalue weighted by molar-refractivity contribution is 7.89. The number of amides is 1. The fourth-order valence-electron chi connectivity index (χ4n) is 1.97. The zero-order valence-corrected chi connectivity index (χ0v) is 11.9. The Bertz CT molecular complexity index is 622. The molecular weight excluding hydrogens is 315 g/mol. The summed E-state index contributed by atoms with van der Waals surface area (Å²) in [5.74, 6) is -0.864. The number of hydrogen-bond acceptors (Lipinski definition) is 5. The highest BCUT2D eigenvalue weighted by Crippen LogP contribution is 2.30. The molecule has 1 aliphatic rings. The molecule has 104 valence electrons. The van der Waals surface area contributed by atoms with E-state index in [1.54, 1.807) is 0 Å². The molecule has 0 bridgehead atoms. The second kappa shape index (κ2) is 5.20. The van der Waals surface area contributed by atoms with Crippen molar-refractivity contribution in [2.75, 3.05) is 17.2 Å². The Kier molecular flexibility index (Phi) is 3.95. The number of aromatic nitrogens is 2. The van der Waals surface area contributed by atoms with Gasteiger partial charge < -0.3 is 4.90 Å². The zero-order valence-electron chi connectivity index (χ0n) is 9.58. The number of sulfonamides is 1. The molecule has 1 amide bonds. The Morgan fingerprint density at radius 3 is 2.74 bits per heavy atom. The van der Waals surface area contributed by atoms with Gasteiger partial charge in [-0.25, -0.2) is 23.5 Å². The molecule has 0 radical (unpaired) electrons. The van der Waals surface area contributed by atoms with Crippen molar-refractivity contribution < 1.29 is 13.2 Å². The van der Waals surface area contributed by atoms with Gasteiger partial charge in [-0.15, -0.1) is 0 Å². The predicted octanol–water partition coefficient (Wildman–Crippen LogP) is 0.425. The minimum Gasteiger partial charge on any atom is -0.308 e. The van der Waals surface area contributed by atoms with Crippen molar-refractivity contribution in [2.45, 2.75) is 6.42 Å². The number of nitrogens with two attached hydrogens (primary N) is 1. The van der Waals surface area contributed by atoms with E-state index in [-0.39, 0.29) is 41.0 Å². The molecule has 1 saturated heterocycles. The van der Waals surface area contributed by atoms with Crippen LogP contribution in [0.5, 0.6) is 0 Å². The third kappa shape index (κ3) is 3.53. The molecular formula is C9H10Cl2N4O3S. The molecule has 2 N–H and O–H groups in total. The quantitative estimate of drug-likeness (QED) is 0.640. The van der Waals surface area contributed by atoms with Gasteiger partial charge in [0.05, 0.1) is 17.6 Å². The van der Waals surface area contributed by atoms with E-state index in [1.165, 1.54) is 11.1 Å². The van der Waals surface area contributed by atoms with Gasteiger partial charge >= 0.3 is 0 Å². The summed E-state index contributed by atoms with van der Waals surface area (Å²) in [6.45, 7) is 0.208. The van der Waals surface area contributed by atoms with Crippen molar-refractivity contribution in [1.82, 2.24) is 9.97 Å². The van der Waals surface area contributed by atoms with Crippen molar-refractivity contribution in [3.05, 3.63) is 16.6 Å². The summed E-state index contributed by atoms with van der Waals surface area (Å²) in [5, 5.41) is 4.99. The second-order valence-electron chi connectivity index (χ2n) is 4.22. The molecule has 0 spiro atoms. The van der Waals surface area contributed by atoms with Crippen LogP contribution in [0.2, 0.25) is 10.4 Å². The fraction of sp³-hybridized carbons (Fsp3) is 0.444. The summed E-state index contributed by atoms with van der Waals surface area (Å²) in [5.41, 5.74) is 0.313. The number of carbonyl (C=O) groups is 1. The minimum atomic E-state index is -3.62. The SMILES string of the molecule is NS(=O)(=O)CC1CC(=O)N(c2cnc(Cl)nc2Cl)C1. The Hall–Kier alpha value is -0.960. The van der Waals surface area contributed by atoms with Crippen molar-refractivity contribution in [1.29, 1.82) is 0 Å². The number of anilines is 1. The molecule has 1 unspecified atom stereocenters. The van der Waals surface area contributed by atoms with Crippen LogP contribution < -0.4 is 10.0 Å². The van der Waals surface area contributed by atoms with Gasteiger partial charge in [0.1, 0.15) is 0 Å². The number of rotatable bonds is 3. The van der Waals surface area contributed by atoms with Gasteiger partial charge in [-0.2, -0.15) is 0 Å². The molecule has 2 heterocycles. The maximum atomic E-state index is 11.9. The largest absolute Gasteiger partial charge is 0.308 e. The van der Waals surface area contributed by atoms with Crippen LogP contribution in [-0.4, -0.2) is 36.6 Å². The van der Waals surface area contributed by atoms with Crippen molar-refractivity contribution in [2.24, 2.45) is 11.1 Å². The summed E-state index contributed by atoms with van der Waals surface area (Å²) in [4.78, 5) is 20.7. The molecule has 2 rings (SSSR count). The first kappa shape index (κ1) is 14.4. The van der Waals surface area contributed by atoms with Gasteiger partial charge in [-0.3, -0.25) is 4.79 Å². The average molecular weight is 325 g/mol. The summed E-state index contributed by atoms with van der Waals surface area (Å²) in [6.07, 6.45) is 1.42. The maximum absolute atomic E-state index is 11.9. The van der Waals surface area contributed by atoms with E-state index in [9.17, 15) is 13.2 Å². The van der Waals surface area contributed by atoms with E-state index >= 15 is 0 Å². The van der Waals surface area contributed by atoms with Gasteiger partial charge in [0, 0.05) is 18.9 Å².